The molecule has 0 aromatic heterocycles. The van der Waals surface area contributed by atoms with Crippen molar-refractivity contribution in [1.29, 1.82) is 0 Å². The van der Waals surface area contributed by atoms with Gasteiger partial charge in [0.15, 0.2) is 23.0 Å². The first-order valence-electron chi connectivity index (χ1n) is 16.4. The second kappa shape index (κ2) is 22.9. The topological polar surface area (TPSA) is 105 Å². The SMILES string of the molecule is COc1cc(S(=O)(=O)c2ccc(OCC#CI)c(OC)c2)ccc1OCC#CI.Cc1cc(CC#CI)cc(C)c1S(=O)(=O)c1c(C)cc(CC#CI)cc1C. The minimum atomic E-state index is -3.82. The Morgan fingerprint density at radius 3 is 1.12 bits per heavy atom. The number of halogens is 4. The second-order valence-electron chi connectivity index (χ2n) is 11.8. The minimum absolute atomic E-state index is 0.0631. The van der Waals surface area contributed by atoms with E-state index in [-0.39, 0.29) is 23.0 Å². The van der Waals surface area contributed by atoms with E-state index in [0.717, 1.165) is 33.4 Å². The smallest absolute Gasteiger partial charge is 0.207 e. The normalized spacial score (nSPS) is 10.3. The highest BCUT2D eigenvalue weighted by Crippen LogP contribution is 2.36. The quantitative estimate of drug-likeness (QED) is 0.102. The van der Waals surface area contributed by atoms with Crippen LogP contribution in [-0.4, -0.2) is 44.3 Å². The molecular formula is C42H36I4O8S2. The third-order valence-corrected chi connectivity index (χ3v) is 13.6. The van der Waals surface area contributed by atoms with Gasteiger partial charge in [-0.25, -0.2) is 16.8 Å². The summed E-state index contributed by atoms with van der Waals surface area (Å²) in [4.78, 5) is 0.931. The van der Waals surface area contributed by atoms with Crippen LogP contribution in [0.15, 0.2) is 80.2 Å². The van der Waals surface area contributed by atoms with E-state index in [9.17, 15) is 16.8 Å². The van der Waals surface area contributed by atoms with Gasteiger partial charge in [0.1, 0.15) is 13.2 Å². The molecule has 0 fully saturated rings. The Morgan fingerprint density at radius 1 is 0.482 bits per heavy atom. The van der Waals surface area contributed by atoms with Gasteiger partial charge in [0.25, 0.3) is 0 Å². The highest BCUT2D eigenvalue weighted by molar-refractivity contribution is 14.1. The molecule has 0 aliphatic rings. The third kappa shape index (κ3) is 12.6. The Hall–Kier alpha value is -2.86. The summed E-state index contributed by atoms with van der Waals surface area (Å²) in [6, 6.07) is 16.5. The summed E-state index contributed by atoms with van der Waals surface area (Å²) in [5, 5.41) is 0. The van der Waals surface area contributed by atoms with Crippen LogP contribution in [0, 0.1) is 67.1 Å². The number of hydrogen-bond acceptors (Lipinski definition) is 8. The van der Waals surface area contributed by atoms with Gasteiger partial charge in [-0.1, -0.05) is 47.9 Å². The Labute approximate surface area is 385 Å². The van der Waals surface area contributed by atoms with Gasteiger partial charge in [-0.2, -0.15) is 0 Å². The fourth-order valence-electron chi connectivity index (χ4n) is 5.79. The van der Waals surface area contributed by atoms with Gasteiger partial charge in [0, 0.05) is 115 Å². The van der Waals surface area contributed by atoms with E-state index >= 15 is 0 Å². The first kappa shape index (κ1) is 47.5. The summed E-state index contributed by atoms with van der Waals surface area (Å²) in [5.41, 5.74) is 5.12. The van der Waals surface area contributed by atoms with E-state index in [4.69, 9.17) is 18.9 Å². The zero-order valence-corrected chi connectivity index (χ0v) is 41.5. The lowest BCUT2D eigenvalue weighted by molar-refractivity contribution is 0.330. The lowest BCUT2D eigenvalue weighted by Gasteiger charge is -2.17. The molecule has 0 saturated carbocycles. The van der Waals surface area contributed by atoms with Gasteiger partial charge < -0.3 is 18.9 Å². The molecule has 0 atom stereocenters. The second-order valence-corrected chi connectivity index (χ2v) is 17.7. The number of ether oxygens (including phenoxy) is 4. The number of aryl methyl sites for hydroxylation is 4. The van der Waals surface area contributed by atoms with Gasteiger partial charge in [-0.05, 0) is 101 Å². The van der Waals surface area contributed by atoms with Gasteiger partial charge in [0.2, 0.25) is 19.7 Å². The average Bonchev–Trinajstić information content (AvgIpc) is 3.16. The summed E-state index contributed by atoms with van der Waals surface area (Å²) in [5.74, 6) is 13.0. The molecule has 8 nitrogen and oxygen atoms in total. The molecule has 56 heavy (non-hydrogen) atoms. The molecule has 0 amide bonds. The molecule has 0 N–H and O–H groups in total. The van der Waals surface area contributed by atoms with Gasteiger partial charge in [-0.15, -0.1) is 0 Å². The maximum Gasteiger partial charge on any atom is 0.207 e. The minimum Gasteiger partial charge on any atom is -0.493 e. The van der Waals surface area contributed by atoms with Crippen LogP contribution in [0.1, 0.15) is 33.4 Å². The molecule has 292 valence electrons. The first-order chi connectivity index (χ1) is 26.7. The first-order valence-corrected chi connectivity index (χ1v) is 23.6. The summed E-state index contributed by atoms with van der Waals surface area (Å²) < 4.78 is 85.8. The van der Waals surface area contributed by atoms with Crippen LogP contribution in [0.2, 0.25) is 0 Å². The van der Waals surface area contributed by atoms with Crippen LogP contribution in [-0.2, 0) is 32.5 Å². The fourth-order valence-corrected chi connectivity index (χ4v) is 9.91. The van der Waals surface area contributed by atoms with Crippen molar-refractivity contribution in [3.8, 4) is 62.4 Å². The van der Waals surface area contributed by atoms with Crippen molar-refractivity contribution in [3.05, 3.63) is 94.0 Å². The molecule has 0 unspecified atom stereocenters. The lowest BCUT2D eigenvalue weighted by atomic mass is 10.0. The van der Waals surface area contributed by atoms with Gasteiger partial charge in [-0.3, -0.25) is 0 Å². The van der Waals surface area contributed by atoms with Crippen LogP contribution in [0.3, 0.4) is 0 Å². The van der Waals surface area contributed by atoms with Crippen molar-refractivity contribution in [2.45, 2.75) is 60.1 Å². The highest BCUT2D eigenvalue weighted by Gasteiger charge is 2.27. The number of rotatable bonds is 12. The summed E-state index contributed by atoms with van der Waals surface area (Å²) in [6.07, 6.45) is 1.24. The predicted molar refractivity (Wildman–Crippen MR) is 254 cm³/mol. The number of hydrogen-bond donors (Lipinski definition) is 0. The van der Waals surface area contributed by atoms with E-state index in [2.05, 4.69) is 39.4 Å². The predicted octanol–water partition coefficient (Wildman–Crippen LogP) is 9.72. The van der Waals surface area contributed by atoms with E-state index in [1.807, 2.05) is 142 Å². The standard InChI is InChI=1S/C22H20I2O2S.C20H16I2O6S/c1-15-11-19(7-5-9-23)12-16(2)21(15)27(25,26)22-17(3)13-20(8-6-10-24)14-18(22)4;1-25-19-13-15(5-7-17(19)27-11-3-9-21)29(23,24)16-6-8-18(20(14-16)26-2)28-12-4-10-22/h11-14H,7-8H2,1-4H3;5-8,13-14H,11-12H2,1-2H3. The van der Waals surface area contributed by atoms with Crippen LogP contribution >= 0.6 is 90.4 Å². The zero-order valence-electron chi connectivity index (χ0n) is 31.2. The Balaban J connectivity index is 0.000000301. The van der Waals surface area contributed by atoms with Crippen LogP contribution in [0.5, 0.6) is 23.0 Å². The van der Waals surface area contributed by atoms with Gasteiger partial charge >= 0.3 is 0 Å². The molecule has 0 aliphatic heterocycles. The van der Waals surface area contributed by atoms with E-state index in [1.165, 1.54) is 50.6 Å². The fraction of sp³-hybridized carbons (Fsp3) is 0.238. The van der Waals surface area contributed by atoms with Crippen molar-refractivity contribution in [1.82, 2.24) is 0 Å². The molecule has 14 heteroatoms. The van der Waals surface area contributed by atoms with E-state index in [1.54, 1.807) is 0 Å². The van der Waals surface area contributed by atoms with E-state index in [0.29, 0.717) is 45.6 Å². The van der Waals surface area contributed by atoms with Crippen LogP contribution < -0.4 is 18.9 Å². The molecule has 0 saturated heterocycles. The molecular weight excluding hydrogens is 1200 g/mol. The monoisotopic (exact) mass is 1240 g/mol. The largest absolute Gasteiger partial charge is 0.493 e. The summed E-state index contributed by atoms with van der Waals surface area (Å²) >= 11 is 7.84. The number of sulfone groups is 2. The van der Waals surface area contributed by atoms with Crippen LogP contribution in [0.4, 0.5) is 0 Å². The number of methoxy groups -OCH3 is 2. The number of benzene rings is 4. The third-order valence-electron chi connectivity index (χ3n) is 7.92. The molecule has 0 radical (unpaired) electrons. The molecule has 4 aromatic rings. The van der Waals surface area contributed by atoms with Crippen LogP contribution in [0.25, 0.3) is 0 Å². The lowest BCUT2D eigenvalue weighted by Crippen LogP contribution is -2.11. The van der Waals surface area contributed by atoms with Gasteiger partial charge in [0.05, 0.1) is 33.8 Å². The Morgan fingerprint density at radius 2 is 0.821 bits per heavy atom. The molecule has 0 aliphatic carbocycles. The van der Waals surface area contributed by atoms with Crippen molar-refractivity contribution in [2.24, 2.45) is 0 Å². The molecule has 4 rings (SSSR count). The average molecular weight is 1240 g/mol. The summed E-state index contributed by atoms with van der Waals surface area (Å²) in [6.45, 7) is 7.77. The maximum atomic E-state index is 13.5. The maximum absolute atomic E-state index is 13.5. The molecule has 0 spiro atoms. The Bertz CT molecular complexity index is 2350. The molecule has 0 bridgehead atoms. The van der Waals surface area contributed by atoms with Crippen molar-refractivity contribution >= 4 is 110 Å². The van der Waals surface area contributed by atoms with Crippen molar-refractivity contribution in [2.75, 3.05) is 27.4 Å². The Kier molecular flexibility index (Phi) is 19.4. The van der Waals surface area contributed by atoms with Crippen molar-refractivity contribution in [3.63, 3.8) is 0 Å². The zero-order chi connectivity index (χ0) is 41.5. The van der Waals surface area contributed by atoms with E-state index < -0.39 is 19.7 Å². The highest BCUT2D eigenvalue weighted by atomic mass is 127. The molecule has 4 aromatic carbocycles. The summed E-state index contributed by atoms with van der Waals surface area (Å²) in [7, 11) is -4.55. The van der Waals surface area contributed by atoms with Crippen molar-refractivity contribution < 1.29 is 35.8 Å². The molecule has 0 heterocycles.